The van der Waals surface area contributed by atoms with Gasteiger partial charge in [-0.1, -0.05) is 29.9 Å². The fourth-order valence-corrected chi connectivity index (χ4v) is 5.19. The molecule has 0 bridgehead atoms. The van der Waals surface area contributed by atoms with Gasteiger partial charge in [0.1, 0.15) is 5.56 Å². The quantitative estimate of drug-likeness (QED) is 0.292. The minimum atomic E-state index is -4.79. The number of nitro benzene ring substituents is 1. The Hall–Kier alpha value is -2.92. The van der Waals surface area contributed by atoms with Gasteiger partial charge in [-0.15, -0.1) is 0 Å². The highest BCUT2D eigenvalue weighted by molar-refractivity contribution is 7.80. The Labute approximate surface area is 220 Å². The third kappa shape index (κ3) is 7.10. The van der Waals surface area contributed by atoms with E-state index in [1.165, 1.54) is 17.3 Å². The van der Waals surface area contributed by atoms with Crippen LogP contribution in [-0.2, 0) is 6.18 Å². The van der Waals surface area contributed by atoms with Gasteiger partial charge in [-0.25, -0.2) is 0 Å². The van der Waals surface area contributed by atoms with E-state index in [0.717, 1.165) is 82.2 Å². The summed E-state index contributed by atoms with van der Waals surface area (Å²) in [6, 6.07) is 11.7. The van der Waals surface area contributed by atoms with Gasteiger partial charge >= 0.3 is 6.18 Å². The van der Waals surface area contributed by atoms with E-state index in [9.17, 15) is 23.3 Å². The lowest BCUT2D eigenvalue weighted by atomic mass is 10.0. The Bertz CT molecular complexity index is 1100. The second-order valence-electron chi connectivity index (χ2n) is 9.70. The molecule has 1 N–H and O–H groups in total. The van der Waals surface area contributed by atoms with Gasteiger partial charge in [0.25, 0.3) is 5.69 Å². The summed E-state index contributed by atoms with van der Waals surface area (Å²) in [6.07, 6.45) is -2.51. The fourth-order valence-electron chi connectivity index (χ4n) is 4.92. The van der Waals surface area contributed by atoms with E-state index >= 15 is 0 Å². The normalized spacial score (nSPS) is 17.6. The molecule has 2 aromatic rings. The van der Waals surface area contributed by atoms with Crippen LogP contribution in [0.15, 0.2) is 42.5 Å². The molecule has 0 spiro atoms. The molecule has 0 saturated carbocycles. The van der Waals surface area contributed by atoms with Gasteiger partial charge in [0.15, 0.2) is 0 Å². The molecule has 0 unspecified atom stereocenters. The number of nitrogens with one attached hydrogen (secondary N) is 1. The summed E-state index contributed by atoms with van der Waals surface area (Å²) in [7, 11) is 0. The van der Waals surface area contributed by atoms with Gasteiger partial charge in [-0.2, -0.15) is 13.2 Å². The predicted molar refractivity (Wildman–Crippen MR) is 143 cm³/mol. The van der Waals surface area contributed by atoms with E-state index in [4.69, 9.17) is 12.2 Å². The highest BCUT2D eigenvalue weighted by Gasteiger charge is 2.38. The van der Waals surface area contributed by atoms with Crippen LogP contribution in [0.2, 0.25) is 0 Å². The Kier molecular flexibility index (Phi) is 8.53. The average Bonchev–Trinajstić information content (AvgIpc) is 2.88. The third-order valence-corrected chi connectivity index (χ3v) is 7.59. The molecule has 0 aromatic heterocycles. The molecular formula is C26H32F3N5O2S. The Morgan fingerprint density at radius 2 is 1.70 bits per heavy atom. The number of hydrogen-bond donors (Lipinski definition) is 1. The first-order valence-corrected chi connectivity index (χ1v) is 12.9. The average molecular weight is 536 g/mol. The summed E-state index contributed by atoms with van der Waals surface area (Å²) in [5, 5.41) is 14.1. The van der Waals surface area contributed by atoms with Crippen LogP contribution in [0.1, 0.15) is 30.4 Å². The lowest BCUT2D eigenvalue weighted by Gasteiger charge is -2.37. The van der Waals surface area contributed by atoms with Gasteiger partial charge in [0, 0.05) is 75.7 Å². The Balaban J connectivity index is 1.20. The van der Waals surface area contributed by atoms with Crippen molar-refractivity contribution in [2.24, 2.45) is 0 Å². The molecule has 0 aliphatic carbocycles. The molecule has 0 amide bonds. The van der Waals surface area contributed by atoms with Crippen molar-refractivity contribution in [2.75, 3.05) is 56.0 Å². The molecular weight excluding hydrogens is 503 g/mol. The number of alkyl halides is 3. The van der Waals surface area contributed by atoms with E-state index < -0.39 is 22.4 Å². The molecule has 2 aliphatic heterocycles. The number of piperazine rings is 1. The number of nitro groups is 1. The maximum Gasteiger partial charge on any atom is 0.423 e. The van der Waals surface area contributed by atoms with Gasteiger partial charge in [0.05, 0.1) is 9.91 Å². The first-order valence-electron chi connectivity index (χ1n) is 12.5. The van der Waals surface area contributed by atoms with Gasteiger partial charge in [0.2, 0.25) is 0 Å². The van der Waals surface area contributed by atoms with Gasteiger partial charge in [-0.3, -0.25) is 15.0 Å². The summed E-state index contributed by atoms with van der Waals surface area (Å²) < 4.78 is 39.8. The van der Waals surface area contributed by atoms with Crippen molar-refractivity contribution in [3.63, 3.8) is 0 Å². The monoisotopic (exact) mass is 535 g/mol. The zero-order valence-corrected chi connectivity index (χ0v) is 21.7. The number of thiocarbonyl (C=S) groups is 1. The molecule has 0 atom stereocenters. The van der Waals surface area contributed by atoms with Crippen molar-refractivity contribution in [1.29, 1.82) is 0 Å². The third-order valence-electron chi connectivity index (χ3n) is 7.13. The minimum Gasteiger partial charge on any atom is -0.382 e. The summed E-state index contributed by atoms with van der Waals surface area (Å²) in [6.45, 7) is 8.46. The molecule has 2 heterocycles. The summed E-state index contributed by atoms with van der Waals surface area (Å²) in [5.74, 6) is 0. The molecule has 7 nitrogen and oxygen atoms in total. The van der Waals surface area contributed by atoms with Crippen molar-refractivity contribution in [3.05, 3.63) is 63.7 Å². The number of hydrogen-bond acceptors (Lipinski definition) is 6. The largest absolute Gasteiger partial charge is 0.423 e. The lowest BCUT2D eigenvalue weighted by molar-refractivity contribution is -0.388. The van der Waals surface area contributed by atoms with E-state index in [2.05, 4.69) is 51.2 Å². The van der Waals surface area contributed by atoms with E-state index in [0.29, 0.717) is 0 Å². The van der Waals surface area contributed by atoms with Crippen LogP contribution in [0.4, 0.5) is 30.2 Å². The number of anilines is 2. The number of aryl methyl sites for hydroxylation is 1. The molecule has 11 heteroatoms. The van der Waals surface area contributed by atoms with Crippen LogP contribution < -0.4 is 10.2 Å². The molecule has 2 saturated heterocycles. The van der Waals surface area contributed by atoms with Crippen molar-refractivity contribution in [3.8, 4) is 0 Å². The maximum absolute atomic E-state index is 13.3. The molecule has 200 valence electrons. The number of rotatable bonds is 7. The zero-order valence-electron chi connectivity index (χ0n) is 20.8. The first-order chi connectivity index (χ1) is 17.6. The van der Waals surface area contributed by atoms with Crippen molar-refractivity contribution < 1.29 is 18.1 Å². The second-order valence-corrected chi connectivity index (χ2v) is 10.2. The summed E-state index contributed by atoms with van der Waals surface area (Å²) in [5.41, 5.74) is 0.595. The number of piperidine rings is 1. The van der Waals surface area contributed by atoms with Crippen LogP contribution in [0, 0.1) is 17.0 Å². The van der Waals surface area contributed by atoms with E-state index in [1.807, 2.05) is 0 Å². The van der Waals surface area contributed by atoms with Crippen molar-refractivity contribution >= 4 is 34.3 Å². The van der Waals surface area contributed by atoms with Crippen LogP contribution in [0.25, 0.3) is 0 Å². The van der Waals surface area contributed by atoms with Crippen LogP contribution in [0.3, 0.4) is 0 Å². The summed E-state index contributed by atoms with van der Waals surface area (Å²) >= 11 is 5.70. The Morgan fingerprint density at radius 3 is 2.30 bits per heavy atom. The number of nitrogens with zero attached hydrogens (tertiary/aromatic N) is 4. The molecule has 2 aliphatic rings. The predicted octanol–water partition coefficient (Wildman–Crippen LogP) is 5.34. The topological polar surface area (TPSA) is 64.9 Å². The van der Waals surface area contributed by atoms with Gasteiger partial charge < -0.3 is 15.1 Å². The van der Waals surface area contributed by atoms with Gasteiger partial charge in [-0.05, 0) is 44.0 Å². The zero-order chi connectivity index (χ0) is 26.6. The van der Waals surface area contributed by atoms with Crippen molar-refractivity contribution in [2.45, 2.75) is 38.4 Å². The molecule has 2 fully saturated rings. The maximum atomic E-state index is 13.3. The second kappa shape index (κ2) is 11.6. The summed E-state index contributed by atoms with van der Waals surface area (Å²) in [4.78, 5) is 17.9. The van der Waals surface area contributed by atoms with E-state index in [1.54, 1.807) is 0 Å². The fraction of sp³-hybridized carbons (Fsp3) is 0.500. The number of likely N-dealkylation sites (tertiary alicyclic amines) is 1. The van der Waals surface area contributed by atoms with Crippen LogP contribution >= 0.6 is 12.2 Å². The lowest BCUT2D eigenvalue weighted by Crippen LogP contribution is -2.48. The van der Waals surface area contributed by atoms with Crippen LogP contribution in [-0.4, -0.2) is 71.6 Å². The highest BCUT2D eigenvalue weighted by Crippen LogP contribution is 2.38. The molecule has 2 aromatic carbocycles. The van der Waals surface area contributed by atoms with Crippen LogP contribution in [0.5, 0.6) is 0 Å². The smallest absolute Gasteiger partial charge is 0.382 e. The standard InChI is InChI=1S/C26H32F3N5O2S/c1-19-2-5-22(6-3-19)32-16-14-31(15-17-32)11-10-25(37)33-12-8-20(9-13-33)30-21-4-7-24(34(35)36)23(18-21)26(27,28)29/h2-7,18,20,30H,8-17H2,1H3. The molecule has 0 radical (unpaired) electrons. The first kappa shape index (κ1) is 27.1. The molecule has 4 rings (SSSR count). The van der Waals surface area contributed by atoms with Crippen molar-refractivity contribution in [1.82, 2.24) is 9.80 Å². The highest BCUT2D eigenvalue weighted by atomic mass is 32.1. The SMILES string of the molecule is Cc1ccc(N2CCN(CCC(=S)N3CCC(Nc4ccc([N+](=O)[O-])c(C(F)(F)F)c4)CC3)CC2)cc1. The number of benzene rings is 2. The minimum absolute atomic E-state index is 0.0172. The molecule has 37 heavy (non-hydrogen) atoms. The Morgan fingerprint density at radius 1 is 1.05 bits per heavy atom. The van der Waals surface area contributed by atoms with E-state index in [-0.39, 0.29) is 11.7 Å². The number of halogens is 3.